The van der Waals surface area contributed by atoms with Gasteiger partial charge < -0.3 is 5.11 Å². The molecule has 0 aliphatic heterocycles. The topological polar surface area (TPSA) is 50.4 Å². The first-order valence-corrected chi connectivity index (χ1v) is 6.68. The average molecular weight is 259 g/mol. The van der Waals surface area contributed by atoms with Crippen LogP contribution in [0.3, 0.4) is 0 Å². The molecule has 0 fully saturated rings. The lowest BCUT2D eigenvalue weighted by Crippen LogP contribution is -2.14. The van der Waals surface area contributed by atoms with Gasteiger partial charge in [-0.15, -0.1) is 11.3 Å². The zero-order chi connectivity index (χ0) is 12.4. The van der Waals surface area contributed by atoms with Crippen molar-refractivity contribution in [2.24, 2.45) is 0 Å². The van der Waals surface area contributed by atoms with E-state index in [0.717, 1.165) is 16.3 Å². The Labute approximate surface area is 109 Å². The molecule has 0 aliphatic rings. The highest BCUT2D eigenvalue weighted by Crippen LogP contribution is 2.13. The van der Waals surface area contributed by atoms with Crippen LogP contribution >= 0.6 is 11.3 Å². The van der Waals surface area contributed by atoms with Gasteiger partial charge in [-0.1, -0.05) is 6.07 Å². The zero-order valence-corrected chi connectivity index (χ0v) is 10.5. The SMILES string of the molecule is OC(Cc1ccccn1)Cc1cn2ccsc2n1. The predicted molar refractivity (Wildman–Crippen MR) is 70.7 cm³/mol. The highest BCUT2D eigenvalue weighted by molar-refractivity contribution is 7.15. The number of aromatic nitrogens is 3. The number of hydrogen-bond acceptors (Lipinski definition) is 4. The van der Waals surface area contributed by atoms with Gasteiger partial charge in [0, 0.05) is 42.5 Å². The molecule has 0 aliphatic carbocycles. The second kappa shape index (κ2) is 4.88. The minimum Gasteiger partial charge on any atom is -0.392 e. The Bertz CT molecular complexity index is 603. The van der Waals surface area contributed by atoms with Gasteiger partial charge >= 0.3 is 0 Å². The van der Waals surface area contributed by atoms with Crippen LogP contribution in [0.25, 0.3) is 4.96 Å². The highest BCUT2D eigenvalue weighted by Gasteiger charge is 2.10. The van der Waals surface area contributed by atoms with Crippen molar-refractivity contribution >= 4 is 16.3 Å². The number of fused-ring (bicyclic) bond motifs is 1. The molecule has 92 valence electrons. The van der Waals surface area contributed by atoms with Crippen LogP contribution in [0.15, 0.2) is 42.2 Å². The summed E-state index contributed by atoms with van der Waals surface area (Å²) < 4.78 is 1.98. The van der Waals surface area contributed by atoms with Crippen LogP contribution in [0.4, 0.5) is 0 Å². The van der Waals surface area contributed by atoms with E-state index in [-0.39, 0.29) is 0 Å². The molecule has 18 heavy (non-hydrogen) atoms. The van der Waals surface area contributed by atoms with Gasteiger partial charge in [0.05, 0.1) is 11.8 Å². The summed E-state index contributed by atoms with van der Waals surface area (Å²) in [4.78, 5) is 9.63. The number of aliphatic hydroxyl groups excluding tert-OH is 1. The van der Waals surface area contributed by atoms with E-state index in [2.05, 4.69) is 9.97 Å². The van der Waals surface area contributed by atoms with E-state index in [1.807, 2.05) is 40.4 Å². The quantitative estimate of drug-likeness (QED) is 0.779. The average Bonchev–Trinajstić information content (AvgIpc) is 2.90. The molecule has 0 amide bonds. The van der Waals surface area contributed by atoms with Crippen LogP contribution in [0.1, 0.15) is 11.4 Å². The summed E-state index contributed by atoms with van der Waals surface area (Å²) >= 11 is 1.60. The van der Waals surface area contributed by atoms with E-state index >= 15 is 0 Å². The molecule has 3 rings (SSSR count). The normalized spacial score (nSPS) is 12.9. The predicted octanol–water partition coefficient (Wildman–Crippen LogP) is 1.94. The molecule has 3 heterocycles. The van der Waals surface area contributed by atoms with Crippen molar-refractivity contribution in [3.05, 3.63) is 53.6 Å². The first-order chi connectivity index (χ1) is 8.81. The van der Waals surface area contributed by atoms with Gasteiger partial charge in [-0.05, 0) is 12.1 Å². The fourth-order valence-electron chi connectivity index (χ4n) is 1.95. The molecule has 0 spiro atoms. The number of rotatable bonds is 4. The number of nitrogens with zero attached hydrogens (tertiary/aromatic N) is 3. The standard InChI is InChI=1S/C13H13N3OS/c17-12(7-10-3-1-2-4-14-10)8-11-9-16-5-6-18-13(16)15-11/h1-6,9,12,17H,7-8H2. The summed E-state index contributed by atoms with van der Waals surface area (Å²) in [5, 5.41) is 12.0. The second-order valence-corrected chi connectivity index (χ2v) is 5.08. The smallest absolute Gasteiger partial charge is 0.193 e. The maximum absolute atomic E-state index is 10.0. The number of pyridine rings is 1. The Morgan fingerprint density at radius 1 is 1.28 bits per heavy atom. The fraction of sp³-hybridized carbons (Fsp3) is 0.231. The van der Waals surface area contributed by atoms with Gasteiger partial charge in [-0.2, -0.15) is 0 Å². The number of aliphatic hydroxyl groups is 1. The van der Waals surface area contributed by atoms with E-state index in [9.17, 15) is 5.11 Å². The molecule has 4 nitrogen and oxygen atoms in total. The summed E-state index contributed by atoms with van der Waals surface area (Å²) in [6, 6.07) is 5.73. The molecule has 1 N–H and O–H groups in total. The fourth-order valence-corrected chi connectivity index (χ4v) is 2.67. The lowest BCUT2D eigenvalue weighted by Gasteiger charge is -2.07. The first-order valence-electron chi connectivity index (χ1n) is 5.80. The lowest BCUT2D eigenvalue weighted by atomic mass is 10.1. The van der Waals surface area contributed by atoms with Crippen molar-refractivity contribution in [3.63, 3.8) is 0 Å². The van der Waals surface area contributed by atoms with Crippen LogP contribution in [0.2, 0.25) is 0 Å². The third kappa shape index (κ3) is 2.42. The summed E-state index contributed by atoms with van der Waals surface area (Å²) in [7, 11) is 0. The summed E-state index contributed by atoms with van der Waals surface area (Å²) in [6.07, 6.45) is 6.37. The third-order valence-electron chi connectivity index (χ3n) is 2.76. The second-order valence-electron chi connectivity index (χ2n) is 4.21. The Balaban J connectivity index is 1.67. The number of hydrogen-bond donors (Lipinski definition) is 1. The molecular weight excluding hydrogens is 246 g/mol. The lowest BCUT2D eigenvalue weighted by molar-refractivity contribution is 0.173. The highest BCUT2D eigenvalue weighted by atomic mass is 32.1. The molecule has 0 bridgehead atoms. The Morgan fingerprint density at radius 3 is 2.94 bits per heavy atom. The van der Waals surface area contributed by atoms with Crippen LogP contribution in [0.5, 0.6) is 0 Å². The Morgan fingerprint density at radius 2 is 2.17 bits per heavy atom. The molecule has 0 saturated carbocycles. The Kier molecular flexibility index (Phi) is 3.08. The molecule has 0 saturated heterocycles. The molecule has 0 radical (unpaired) electrons. The van der Waals surface area contributed by atoms with Gasteiger partial charge in [0.25, 0.3) is 0 Å². The maximum atomic E-state index is 10.0. The van der Waals surface area contributed by atoms with Crippen LogP contribution < -0.4 is 0 Å². The molecule has 1 atom stereocenters. The van der Waals surface area contributed by atoms with Crippen molar-refractivity contribution in [2.45, 2.75) is 18.9 Å². The van der Waals surface area contributed by atoms with Crippen molar-refractivity contribution in [2.75, 3.05) is 0 Å². The minimum absolute atomic E-state index is 0.440. The van der Waals surface area contributed by atoms with Gasteiger partial charge in [0.15, 0.2) is 4.96 Å². The van der Waals surface area contributed by atoms with Crippen molar-refractivity contribution in [1.29, 1.82) is 0 Å². The maximum Gasteiger partial charge on any atom is 0.193 e. The monoisotopic (exact) mass is 259 g/mol. The first kappa shape index (κ1) is 11.4. The van der Waals surface area contributed by atoms with E-state index in [0.29, 0.717) is 12.8 Å². The van der Waals surface area contributed by atoms with Gasteiger partial charge in [0.1, 0.15) is 0 Å². The van der Waals surface area contributed by atoms with E-state index in [4.69, 9.17) is 0 Å². The zero-order valence-electron chi connectivity index (χ0n) is 9.73. The van der Waals surface area contributed by atoms with Crippen molar-refractivity contribution in [1.82, 2.24) is 14.4 Å². The van der Waals surface area contributed by atoms with Crippen molar-refractivity contribution in [3.8, 4) is 0 Å². The van der Waals surface area contributed by atoms with E-state index in [1.165, 1.54) is 0 Å². The summed E-state index contributed by atoms with van der Waals surface area (Å²) in [5.74, 6) is 0. The van der Waals surface area contributed by atoms with Crippen LogP contribution in [0, 0.1) is 0 Å². The van der Waals surface area contributed by atoms with Gasteiger partial charge in [-0.3, -0.25) is 9.38 Å². The van der Waals surface area contributed by atoms with Gasteiger partial charge in [0.2, 0.25) is 0 Å². The summed E-state index contributed by atoms with van der Waals surface area (Å²) in [6.45, 7) is 0. The number of thiazole rings is 1. The minimum atomic E-state index is -0.440. The summed E-state index contributed by atoms with van der Waals surface area (Å²) in [5.41, 5.74) is 1.83. The van der Waals surface area contributed by atoms with Crippen molar-refractivity contribution < 1.29 is 5.11 Å². The third-order valence-corrected chi connectivity index (χ3v) is 3.53. The molecule has 5 heteroatoms. The number of imidazole rings is 1. The van der Waals surface area contributed by atoms with Crippen LogP contribution in [-0.2, 0) is 12.8 Å². The van der Waals surface area contributed by atoms with E-state index < -0.39 is 6.10 Å². The van der Waals surface area contributed by atoms with E-state index in [1.54, 1.807) is 17.5 Å². The molecule has 1 unspecified atom stereocenters. The molecule has 3 aromatic rings. The largest absolute Gasteiger partial charge is 0.392 e. The van der Waals surface area contributed by atoms with Crippen LogP contribution in [-0.4, -0.2) is 25.6 Å². The Hall–Kier alpha value is -1.72. The molecular formula is C13H13N3OS. The molecule has 0 aromatic carbocycles. The molecule has 3 aromatic heterocycles. The van der Waals surface area contributed by atoms with Gasteiger partial charge in [-0.25, -0.2) is 4.98 Å².